The highest BCUT2D eigenvalue weighted by atomic mass is 32.2. The molecule has 8 nitrogen and oxygen atoms in total. The van der Waals surface area contributed by atoms with Crippen LogP contribution in [0.15, 0.2) is 29.8 Å². The Labute approximate surface area is 160 Å². The van der Waals surface area contributed by atoms with Crippen molar-refractivity contribution in [2.24, 2.45) is 0 Å². The van der Waals surface area contributed by atoms with Crippen LogP contribution in [0.3, 0.4) is 0 Å². The Morgan fingerprint density at radius 1 is 1.19 bits per heavy atom. The zero-order valence-electron chi connectivity index (χ0n) is 16.3. The predicted octanol–water partition coefficient (Wildman–Crippen LogP) is 2.62. The number of hydrogen-bond acceptors (Lipinski definition) is 6. The van der Waals surface area contributed by atoms with E-state index < -0.39 is 17.9 Å². The van der Waals surface area contributed by atoms with E-state index in [4.69, 9.17) is 4.74 Å². The van der Waals surface area contributed by atoms with E-state index in [0.717, 1.165) is 30.2 Å². The zero-order chi connectivity index (χ0) is 19.8. The number of nitrogens with zero attached hydrogens (tertiary/aromatic N) is 5. The lowest BCUT2D eigenvalue weighted by Gasteiger charge is -2.15. The minimum Gasteiger partial charge on any atom is -0.360 e. The average molecular weight is 408 g/mol. The van der Waals surface area contributed by atoms with Gasteiger partial charge in [-0.25, -0.2) is 23.1 Å². The van der Waals surface area contributed by atoms with E-state index in [1.165, 1.54) is 0 Å². The minimum absolute atomic E-state index is 0.0178. The maximum atomic E-state index is 12.0. The van der Waals surface area contributed by atoms with Gasteiger partial charge in [0, 0.05) is 38.9 Å². The van der Waals surface area contributed by atoms with Gasteiger partial charge >= 0.3 is 0 Å². The average Bonchev–Trinajstić information content (AvgIpc) is 3.15. The number of aryl methyl sites for hydroxylation is 1. The molecule has 0 saturated heterocycles. The van der Waals surface area contributed by atoms with Crippen LogP contribution in [0.25, 0.3) is 16.9 Å². The van der Waals surface area contributed by atoms with Crippen LogP contribution in [-0.4, -0.2) is 53.5 Å². The Kier molecular flexibility index (Phi) is 5.24. The van der Waals surface area contributed by atoms with Crippen LogP contribution in [0, 0.1) is 6.92 Å². The number of fused-ring (bicyclic) bond motifs is 1. The first kappa shape index (κ1) is 19.7. The smallest absolute Gasteiger partial charge is 0.198 e. The monoisotopic (exact) mass is 407 g/mol. The summed E-state index contributed by atoms with van der Waals surface area (Å²) in [7, 11) is -4.59. The molecule has 146 valence electrons. The van der Waals surface area contributed by atoms with Crippen LogP contribution < -0.4 is 0 Å². The van der Waals surface area contributed by atoms with Crippen LogP contribution in [-0.2, 0) is 21.3 Å². The van der Waals surface area contributed by atoms with Crippen molar-refractivity contribution >= 4 is 23.6 Å². The second kappa shape index (κ2) is 7.17. The molecule has 0 N–H and O–H groups in total. The number of rotatable bonds is 7. The maximum Gasteiger partial charge on any atom is 0.198 e. The summed E-state index contributed by atoms with van der Waals surface area (Å²) in [4.78, 5) is 8.42. The van der Waals surface area contributed by atoms with Gasteiger partial charge in [0.05, 0.1) is 23.8 Å². The summed E-state index contributed by atoms with van der Waals surface area (Å²) in [6, 6.07) is 1.11. The topological polar surface area (TPSA) is 91.4 Å². The number of imidazole rings is 1. The quantitative estimate of drug-likeness (QED) is 0.442. The zero-order valence-corrected chi connectivity index (χ0v) is 18.1. The summed E-state index contributed by atoms with van der Waals surface area (Å²) in [5, 5.41) is 4.32. The molecule has 0 saturated carbocycles. The summed E-state index contributed by atoms with van der Waals surface area (Å²) in [6.07, 6.45) is 8.14. The van der Waals surface area contributed by atoms with Gasteiger partial charge in [0.1, 0.15) is 6.73 Å². The van der Waals surface area contributed by atoms with E-state index in [2.05, 4.69) is 34.7 Å². The van der Waals surface area contributed by atoms with Gasteiger partial charge in [-0.2, -0.15) is 5.10 Å². The molecule has 0 amide bonds. The van der Waals surface area contributed by atoms with Crippen molar-refractivity contribution in [1.82, 2.24) is 24.1 Å². The summed E-state index contributed by atoms with van der Waals surface area (Å²) in [6.45, 7) is 9.81. The molecule has 0 bridgehead atoms. The lowest BCUT2D eigenvalue weighted by Crippen LogP contribution is -2.22. The molecular weight excluding hydrogens is 382 g/mol. The standard InChI is InChI=1S/C17H25N5O3SSi/c1-13-10-22-15(9-18-16(22)17(20-13)26(2,23)24)14-8-19-21(11-14)12-25-6-7-27(3,4)5/h8-11H,6-7,12H2,1-5H3. The Balaban J connectivity index is 1.85. The number of hydrogen-bond donors (Lipinski definition) is 0. The van der Waals surface area contributed by atoms with Crippen molar-refractivity contribution in [1.29, 1.82) is 0 Å². The Morgan fingerprint density at radius 2 is 1.93 bits per heavy atom. The molecule has 0 aromatic carbocycles. The van der Waals surface area contributed by atoms with Crippen molar-refractivity contribution in [3.05, 3.63) is 30.5 Å². The van der Waals surface area contributed by atoms with Crippen molar-refractivity contribution in [2.45, 2.75) is 44.4 Å². The molecule has 0 aliphatic heterocycles. The molecule has 0 radical (unpaired) electrons. The van der Waals surface area contributed by atoms with Gasteiger partial charge in [-0.1, -0.05) is 19.6 Å². The fraction of sp³-hybridized carbons (Fsp3) is 0.471. The summed E-state index contributed by atoms with van der Waals surface area (Å²) in [5.74, 6) is 0. The third-order valence-electron chi connectivity index (χ3n) is 4.08. The van der Waals surface area contributed by atoms with E-state index in [9.17, 15) is 8.42 Å². The molecule has 0 aliphatic carbocycles. The van der Waals surface area contributed by atoms with Gasteiger partial charge in [-0.15, -0.1) is 0 Å². The molecule has 3 heterocycles. The molecular formula is C17H25N5O3SSi. The molecule has 10 heteroatoms. The molecule has 3 aromatic rings. The maximum absolute atomic E-state index is 12.0. The molecule has 0 atom stereocenters. The van der Waals surface area contributed by atoms with Gasteiger partial charge < -0.3 is 4.74 Å². The minimum atomic E-state index is -3.47. The van der Waals surface area contributed by atoms with E-state index in [-0.39, 0.29) is 5.03 Å². The fourth-order valence-corrected chi connectivity index (χ4v) is 4.19. The molecule has 3 rings (SSSR count). The first-order valence-corrected chi connectivity index (χ1v) is 14.3. The normalized spacial score (nSPS) is 12.8. The van der Waals surface area contributed by atoms with Crippen molar-refractivity contribution in [3.63, 3.8) is 0 Å². The van der Waals surface area contributed by atoms with Gasteiger partial charge in [0.25, 0.3) is 0 Å². The summed E-state index contributed by atoms with van der Waals surface area (Å²) >= 11 is 0. The lowest BCUT2D eigenvalue weighted by atomic mass is 10.3. The van der Waals surface area contributed by atoms with Crippen molar-refractivity contribution in [3.8, 4) is 11.3 Å². The van der Waals surface area contributed by atoms with Crippen molar-refractivity contribution < 1.29 is 13.2 Å². The highest BCUT2D eigenvalue weighted by Gasteiger charge is 2.19. The molecule has 0 aliphatic rings. The predicted molar refractivity (Wildman–Crippen MR) is 106 cm³/mol. The Morgan fingerprint density at radius 3 is 2.59 bits per heavy atom. The van der Waals surface area contributed by atoms with Gasteiger partial charge in [-0.05, 0) is 13.0 Å². The number of aromatic nitrogens is 5. The van der Waals surface area contributed by atoms with Gasteiger partial charge in [0.15, 0.2) is 20.5 Å². The van der Waals surface area contributed by atoms with Crippen molar-refractivity contribution in [2.75, 3.05) is 12.9 Å². The molecule has 27 heavy (non-hydrogen) atoms. The van der Waals surface area contributed by atoms with Crippen LogP contribution in [0.1, 0.15) is 5.69 Å². The van der Waals surface area contributed by atoms with Crippen LogP contribution in [0.2, 0.25) is 25.7 Å². The Hall–Kier alpha value is -2.04. The van der Waals surface area contributed by atoms with Gasteiger partial charge in [0.2, 0.25) is 0 Å². The number of ether oxygens (including phenoxy) is 1. The van der Waals surface area contributed by atoms with E-state index in [1.807, 2.05) is 6.20 Å². The van der Waals surface area contributed by atoms with E-state index in [1.54, 1.807) is 34.6 Å². The summed E-state index contributed by atoms with van der Waals surface area (Å²) < 4.78 is 33.2. The molecule has 0 spiro atoms. The highest BCUT2D eigenvalue weighted by Crippen LogP contribution is 2.23. The van der Waals surface area contributed by atoms with Crippen LogP contribution >= 0.6 is 0 Å². The number of sulfone groups is 1. The van der Waals surface area contributed by atoms with E-state index >= 15 is 0 Å². The van der Waals surface area contributed by atoms with Crippen LogP contribution in [0.5, 0.6) is 0 Å². The first-order valence-electron chi connectivity index (χ1n) is 8.70. The summed E-state index contributed by atoms with van der Waals surface area (Å²) in [5.41, 5.74) is 2.51. The third-order valence-corrected chi connectivity index (χ3v) is 6.76. The second-order valence-corrected chi connectivity index (χ2v) is 15.5. The van der Waals surface area contributed by atoms with Gasteiger partial charge in [-0.3, -0.25) is 4.40 Å². The Bertz CT molecular complexity index is 1070. The van der Waals surface area contributed by atoms with Crippen LogP contribution in [0.4, 0.5) is 0 Å². The second-order valence-electron chi connectivity index (χ2n) is 7.91. The third kappa shape index (κ3) is 4.63. The highest BCUT2D eigenvalue weighted by molar-refractivity contribution is 7.90. The lowest BCUT2D eigenvalue weighted by molar-refractivity contribution is 0.0786. The first-order chi connectivity index (χ1) is 12.5. The molecule has 0 fully saturated rings. The fourth-order valence-electron chi connectivity index (χ4n) is 2.64. The molecule has 0 unspecified atom stereocenters. The van der Waals surface area contributed by atoms with E-state index in [0.29, 0.717) is 18.1 Å². The SMILES string of the molecule is Cc1cn2c(-c3cnn(COCC[Si](C)(C)C)c3)cnc2c(S(C)(=O)=O)n1. The largest absolute Gasteiger partial charge is 0.360 e. The molecule has 3 aromatic heterocycles.